The summed E-state index contributed by atoms with van der Waals surface area (Å²) in [4.78, 5) is 5.08. The van der Waals surface area contributed by atoms with E-state index in [1.807, 2.05) is 49.4 Å². The van der Waals surface area contributed by atoms with Crippen molar-refractivity contribution in [2.24, 2.45) is 10.7 Å². The molecule has 2 aromatic rings. The topological polar surface area (TPSA) is 62.2 Å². The Morgan fingerprint density at radius 3 is 2.57 bits per heavy atom. The lowest BCUT2D eigenvalue weighted by atomic mass is 10.1. The van der Waals surface area contributed by atoms with Crippen LogP contribution in [0.4, 0.5) is 5.69 Å². The molecule has 0 unspecified atom stereocenters. The Kier molecular flexibility index (Phi) is 4.95. The Labute approximate surface area is 130 Å². The Hall–Kier alpha value is -2.33. The normalized spacial score (nSPS) is 12.3. The molecule has 0 spiro atoms. The molecule has 0 radical (unpaired) electrons. The lowest BCUT2D eigenvalue weighted by molar-refractivity contribution is 1.46. The van der Waals surface area contributed by atoms with E-state index in [0.717, 1.165) is 21.7 Å². The zero-order valence-corrected chi connectivity index (χ0v) is 12.6. The number of aryl methyl sites for hydroxylation is 1. The standard InChI is InChI=1S/C17H17N3S/c1-12-5-7-14(8-6-12)16(21)10-17(19)20-15-4-2-3-13(9-15)11-18/h2-11,18,21H,1H3,(H2,19,20)/b16-10-,18-11?. The van der Waals surface area contributed by atoms with Gasteiger partial charge in [0.05, 0.1) is 5.69 Å². The first-order valence-corrected chi connectivity index (χ1v) is 6.95. The van der Waals surface area contributed by atoms with Crippen molar-refractivity contribution in [2.45, 2.75) is 6.92 Å². The quantitative estimate of drug-likeness (QED) is 0.446. The van der Waals surface area contributed by atoms with Crippen LogP contribution in [0.1, 0.15) is 16.7 Å². The number of nitrogens with zero attached hydrogens (tertiary/aromatic N) is 1. The Morgan fingerprint density at radius 2 is 1.90 bits per heavy atom. The van der Waals surface area contributed by atoms with Crippen molar-refractivity contribution in [1.29, 1.82) is 5.41 Å². The molecule has 0 bridgehead atoms. The first kappa shape index (κ1) is 15.1. The molecule has 0 aliphatic carbocycles. The molecule has 0 aromatic heterocycles. The van der Waals surface area contributed by atoms with Crippen LogP contribution in [-0.2, 0) is 0 Å². The van der Waals surface area contributed by atoms with E-state index in [-0.39, 0.29) is 0 Å². The summed E-state index contributed by atoms with van der Waals surface area (Å²) in [6, 6.07) is 15.4. The van der Waals surface area contributed by atoms with Crippen LogP contribution < -0.4 is 5.73 Å². The average molecular weight is 295 g/mol. The number of hydrogen-bond donors (Lipinski definition) is 3. The van der Waals surface area contributed by atoms with Gasteiger partial charge in [-0.15, -0.1) is 12.6 Å². The average Bonchev–Trinajstić information content (AvgIpc) is 2.47. The van der Waals surface area contributed by atoms with Gasteiger partial charge in [0, 0.05) is 11.1 Å². The molecule has 0 atom stereocenters. The molecule has 0 aliphatic heterocycles. The van der Waals surface area contributed by atoms with Gasteiger partial charge in [-0.3, -0.25) is 0 Å². The summed E-state index contributed by atoms with van der Waals surface area (Å²) in [6.07, 6.45) is 3.01. The Bertz CT molecular complexity index is 700. The second-order valence-electron chi connectivity index (χ2n) is 4.67. The zero-order valence-electron chi connectivity index (χ0n) is 11.7. The van der Waals surface area contributed by atoms with Gasteiger partial charge in [-0.2, -0.15) is 0 Å². The summed E-state index contributed by atoms with van der Waals surface area (Å²) in [5.74, 6) is 0.378. The molecule has 3 N–H and O–H groups in total. The molecule has 0 amide bonds. The van der Waals surface area contributed by atoms with Crippen LogP contribution in [-0.4, -0.2) is 12.1 Å². The van der Waals surface area contributed by atoms with Gasteiger partial charge in [0.15, 0.2) is 0 Å². The lowest BCUT2D eigenvalue weighted by Crippen LogP contribution is -2.07. The van der Waals surface area contributed by atoms with Crippen LogP contribution >= 0.6 is 12.6 Å². The van der Waals surface area contributed by atoms with Crippen LogP contribution in [0.25, 0.3) is 4.91 Å². The summed E-state index contributed by atoms with van der Waals surface area (Å²) in [7, 11) is 0. The number of nitrogens with two attached hydrogens (primary N) is 1. The second-order valence-corrected chi connectivity index (χ2v) is 5.15. The van der Waals surface area contributed by atoms with E-state index in [2.05, 4.69) is 17.6 Å². The molecule has 0 fully saturated rings. The minimum absolute atomic E-state index is 0.378. The molecule has 2 aromatic carbocycles. The van der Waals surface area contributed by atoms with E-state index in [1.165, 1.54) is 11.8 Å². The molecule has 4 heteroatoms. The van der Waals surface area contributed by atoms with E-state index >= 15 is 0 Å². The van der Waals surface area contributed by atoms with Crippen LogP contribution in [0, 0.1) is 12.3 Å². The predicted octanol–water partition coefficient (Wildman–Crippen LogP) is 3.95. The number of rotatable bonds is 4. The molecule has 2 rings (SSSR count). The molecule has 0 saturated heterocycles. The van der Waals surface area contributed by atoms with Gasteiger partial charge < -0.3 is 11.1 Å². The van der Waals surface area contributed by atoms with E-state index in [0.29, 0.717) is 5.84 Å². The molecular formula is C17H17N3S. The highest BCUT2D eigenvalue weighted by Crippen LogP contribution is 2.19. The highest BCUT2D eigenvalue weighted by molar-refractivity contribution is 7.90. The summed E-state index contributed by atoms with van der Waals surface area (Å²) in [6.45, 7) is 2.04. The molecular weight excluding hydrogens is 278 g/mol. The van der Waals surface area contributed by atoms with Gasteiger partial charge in [0.2, 0.25) is 0 Å². The maximum absolute atomic E-state index is 7.24. The van der Waals surface area contributed by atoms with Crippen molar-refractivity contribution < 1.29 is 0 Å². The number of benzene rings is 2. The number of hydrogen-bond acceptors (Lipinski definition) is 3. The smallest absolute Gasteiger partial charge is 0.125 e. The third kappa shape index (κ3) is 4.33. The van der Waals surface area contributed by atoms with Gasteiger partial charge >= 0.3 is 0 Å². The van der Waals surface area contributed by atoms with Gasteiger partial charge in [0.1, 0.15) is 5.84 Å². The molecule has 21 heavy (non-hydrogen) atoms. The molecule has 106 valence electrons. The molecule has 0 saturated carbocycles. The third-order valence-corrected chi connectivity index (χ3v) is 3.31. The third-order valence-electron chi connectivity index (χ3n) is 2.93. The van der Waals surface area contributed by atoms with Gasteiger partial charge in [-0.1, -0.05) is 42.0 Å². The van der Waals surface area contributed by atoms with Crippen molar-refractivity contribution in [3.05, 3.63) is 71.3 Å². The van der Waals surface area contributed by atoms with E-state index in [1.54, 1.807) is 12.1 Å². The lowest BCUT2D eigenvalue weighted by Gasteiger charge is -2.02. The van der Waals surface area contributed by atoms with E-state index < -0.39 is 0 Å². The number of thiol groups is 1. The maximum Gasteiger partial charge on any atom is 0.125 e. The van der Waals surface area contributed by atoms with Gasteiger partial charge in [-0.05, 0) is 36.3 Å². The predicted molar refractivity (Wildman–Crippen MR) is 93.8 cm³/mol. The highest BCUT2D eigenvalue weighted by Gasteiger charge is 1.98. The van der Waals surface area contributed by atoms with Crippen molar-refractivity contribution >= 4 is 35.3 Å². The SMILES string of the molecule is Cc1ccc(/C(S)=C/C(N)=Nc2cccc(C=N)c2)cc1. The first-order chi connectivity index (χ1) is 10.1. The summed E-state index contributed by atoms with van der Waals surface area (Å²) >= 11 is 4.46. The van der Waals surface area contributed by atoms with Crippen LogP contribution in [0.3, 0.4) is 0 Å². The Balaban J connectivity index is 2.24. The highest BCUT2D eigenvalue weighted by atomic mass is 32.1. The van der Waals surface area contributed by atoms with Crippen LogP contribution in [0.2, 0.25) is 0 Å². The van der Waals surface area contributed by atoms with E-state index in [4.69, 9.17) is 11.1 Å². The first-order valence-electron chi connectivity index (χ1n) is 6.51. The fourth-order valence-corrected chi connectivity index (χ4v) is 2.09. The summed E-state index contributed by atoms with van der Waals surface area (Å²) < 4.78 is 0. The molecule has 0 aliphatic rings. The Morgan fingerprint density at radius 1 is 1.19 bits per heavy atom. The van der Waals surface area contributed by atoms with Crippen molar-refractivity contribution in [3.63, 3.8) is 0 Å². The number of amidine groups is 1. The largest absolute Gasteiger partial charge is 0.384 e. The number of nitrogens with one attached hydrogen (secondary N) is 1. The second kappa shape index (κ2) is 6.90. The van der Waals surface area contributed by atoms with Crippen molar-refractivity contribution in [2.75, 3.05) is 0 Å². The minimum atomic E-state index is 0.378. The minimum Gasteiger partial charge on any atom is -0.384 e. The van der Waals surface area contributed by atoms with Crippen LogP contribution in [0.15, 0.2) is 59.6 Å². The van der Waals surface area contributed by atoms with Crippen molar-refractivity contribution in [3.8, 4) is 0 Å². The van der Waals surface area contributed by atoms with Gasteiger partial charge in [0.25, 0.3) is 0 Å². The molecule has 3 nitrogen and oxygen atoms in total. The van der Waals surface area contributed by atoms with Gasteiger partial charge in [-0.25, -0.2) is 4.99 Å². The zero-order chi connectivity index (χ0) is 15.2. The monoisotopic (exact) mass is 295 g/mol. The summed E-state index contributed by atoms with van der Waals surface area (Å²) in [5.41, 5.74) is 9.63. The number of aliphatic imine (C=N–C) groups is 1. The van der Waals surface area contributed by atoms with Crippen LogP contribution in [0.5, 0.6) is 0 Å². The van der Waals surface area contributed by atoms with E-state index in [9.17, 15) is 0 Å². The fourth-order valence-electron chi connectivity index (χ4n) is 1.81. The maximum atomic E-state index is 7.24. The van der Waals surface area contributed by atoms with Crippen molar-refractivity contribution in [1.82, 2.24) is 0 Å². The molecule has 0 heterocycles. The summed E-state index contributed by atoms with van der Waals surface area (Å²) in [5, 5.41) is 7.24. The fraction of sp³-hybridized carbons (Fsp3) is 0.0588.